The molecule has 2 rings (SSSR count). The monoisotopic (exact) mass is 339 g/mol. The molecule has 4 nitrogen and oxygen atoms in total. The van der Waals surface area contributed by atoms with Gasteiger partial charge in [-0.1, -0.05) is 0 Å². The molecule has 0 bridgehead atoms. The van der Waals surface area contributed by atoms with Gasteiger partial charge in [0.25, 0.3) is 0 Å². The first-order chi connectivity index (χ1) is 8.75. The lowest BCUT2D eigenvalue weighted by atomic mass is 10.2. The van der Waals surface area contributed by atoms with Gasteiger partial charge in [-0.05, 0) is 32.7 Å². The molecule has 1 N–H and O–H groups in total. The molecule has 1 aliphatic heterocycles. The normalized spacial score (nSPS) is 14.9. The molecule has 116 valence electrons. The third-order valence-corrected chi connectivity index (χ3v) is 4.01. The summed E-state index contributed by atoms with van der Waals surface area (Å²) in [6.07, 6.45) is 3.54. The van der Waals surface area contributed by atoms with E-state index in [9.17, 15) is 4.79 Å². The second-order valence-electron chi connectivity index (χ2n) is 4.70. The van der Waals surface area contributed by atoms with Crippen molar-refractivity contribution in [3.8, 4) is 0 Å². The highest BCUT2D eigenvalue weighted by molar-refractivity contribution is 7.09. The summed E-state index contributed by atoms with van der Waals surface area (Å²) in [7, 11) is 0. The molecule has 20 heavy (non-hydrogen) atoms. The van der Waals surface area contributed by atoms with E-state index in [-0.39, 0.29) is 24.8 Å². The van der Waals surface area contributed by atoms with Crippen molar-refractivity contribution in [2.75, 3.05) is 26.2 Å². The summed E-state index contributed by atoms with van der Waals surface area (Å²) in [6, 6.07) is 0. The van der Waals surface area contributed by atoms with Crippen LogP contribution in [0.2, 0.25) is 0 Å². The maximum absolute atomic E-state index is 12.0. The number of aryl methyl sites for hydroxylation is 2. The fourth-order valence-electron chi connectivity index (χ4n) is 2.20. The van der Waals surface area contributed by atoms with Crippen molar-refractivity contribution < 1.29 is 4.79 Å². The lowest BCUT2D eigenvalue weighted by Gasteiger charge is -2.19. The number of amides is 1. The average Bonchev–Trinajstić information content (AvgIpc) is 2.63. The third-order valence-electron chi connectivity index (χ3n) is 3.18. The molecule has 1 fully saturated rings. The van der Waals surface area contributed by atoms with E-state index in [0.29, 0.717) is 12.3 Å². The molecule has 1 saturated heterocycles. The van der Waals surface area contributed by atoms with Gasteiger partial charge in [-0.15, -0.1) is 36.2 Å². The molecule has 0 aromatic carbocycles. The summed E-state index contributed by atoms with van der Waals surface area (Å²) < 4.78 is 0. The molecule has 0 saturated carbocycles. The SMILES string of the molecule is Cc1nc(CCCC(=O)N2CCCNCC2)cs1.Cl.Cl. The van der Waals surface area contributed by atoms with Gasteiger partial charge in [-0.2, -0.15) is 0 Å². The van der Waals surface area contributed by atoms with Gasteiger partial charge in [0.15, 0.2) is 0 Å². The van der Waals surface area contributed by atoms with Crippen LogP contribution in [-0.2, 0) is 11.2 Å². The summed E-state index contributed by atoms with van der Waals surface area (Å²) in [4.78, 5) is 18.4. The van der Waals surface area contributed by atoms with E-state index >= 15 is 0 Å². The van der Waals surface area contributed by atoms with Crippen molar-refractivity contribution in [2.24, 2.45) is 0 Å². The first kappa shape index (κ1) is 19.6. The largest absolute Gasteiger partial charge is 0.341 e. The summed E-state index contributed by atoms with van der Waals surface area (Å²) in [5, 5.41) is 6.51. The topological polar surface area (TPSA) is 45.2 Å². The van der Waals surface area contributed by atoms with E-state index in [0.717, 1.165) is 56.1 Å². The number of carbonyl (C=O) groups is 1. The molecule has 0 radical (unpaired) electrons. The van der Waals surface area contributed by atoms with Gasteiger partial charge in [0.05, 0.1) is 10.7 Å². The van der Waals surface area contributed by atoms with Crippen LogP contribution < -0.4 is 5.32 Å². The van der Waals surface area contributed by atoms with Gasteiger partial charge in [-0.25, -0.2) is 4.98 Å². The van der Waals surface area contributed by atoms with Crippen LogP contribution in [0.25, 0.3) is 0 Å². The minimum absolute atomic E-state index is 0. The molecule has 7 heteroatoms. The van der Waals surface area contributed by atoms with E-state index in [1.807, 2.05) is 11.8 Å². The van der Waals surface area contributed by atoms with Crippen LogP contribution >= 0.6 is 36.2 Å². The van der Waals surface area contributed by atoms with E-state index in [4.69, 9.17) is 0 Å². The molecule has 0 atom stereocenters. The Bertz CT molecular complexity index is 393. The van der Waals surface area contributed by atoms with E-state index in [2.05, 4.69) is 15.7 Å². The maximum atomic E-state index is 12.0. The minimum Gasteiger partial charge on any atom is -0.341 e. The number of hydrogen-bond acceptors (Lipinski definition) is 4. The molecule has 0 unspecified atom stereocenters. The zero-order chi connectivity index (χ0) is 12.8. The van der Waals surface area contributed by atoms with E-state index < -0.39 is 0 Å². The Hall–Kier alpha value is -0.360. The number of rotatable bonds is 4. The predicted molar refractivity (Wildman–Crippen MR) is 88.4 cm³/mol. The number of hydrogen-bond donors (Lipinski definition) is 1. The molecule has 1 aromatic rings. The molecular weight excluding hydrogens is 317 g/mol. The Labute approximate surface area is 137 Å². The van der Waals surface area contributed by atoms with Crippen LogP contribution in [0.15, 0.2) is 5.38 Å². The van der Waals surface area contributed by atoms with Crippen molar-refractivity contribution in [1.82, 2.24) is 15.2 Å². The number of nitrogens with one attached hydrogen (secondary N) is 1. The van der Waals surface area contributed by atoms with Crippen molar-refractivity contribution in [3.63, 3.8) is 0 Å². The fraction of sp³-hybridized carbons (Fsp3) is 0.692. The van der Waals surface area contributed by atoms with Crippen LogP contribution in [0.1, 0.15) is 30.0 Å². The fourth-order valence-corrected chi connectivity index (χ4v) is 2.84. The highest BCUT2D eigenvalue weighted by Gasteiger charge is 2.14. The van der Waals surface area contributed by atoms with Gasteiger partial charge in [0, 0.05) is 31.4 Å². The lowest BCUT2D eigenvalue weighted by molar-refractivity contribution is -0.131. The number of thiazole rings is 1. The van der Waals surface area contributed by atoms with Crippen LogP contribution in [0.5, 0.6) is 0 Å². The van der Waals surface area contributed by atoms with Crippen molar-refractivity contribution in [2.45, 2.75) is 32.6 Å². The Kier molecular flexibility index (Phi) is 10.2. The van der Waals surface area contributed by atoms with Gasteiger partial charge in [0.1, 0.15) is 0 Å². The second-order valence-corrected chi connectivity index (χ2v) is 5.76. The second kappa shape index (κ2) is 10.4. The number of halogens is 2. The molecule has 1 aromatic heterocycles. The third kappa shape index (κ3) is 6.39. The van der Waals surface area contributed by atoms with Crippen LogP contribution in [0, 0.1) is 6.92 Å². The first-order valence-electron chi connectivity index (χ1n) is 6.65. The van der Waals surface area contributed by atoms with E-state index in [1.165, 1.54) is 0 Å². The zero-order valence-electron chi connectivity index (χ0n) is 11.8. The molecule has 1 amide bonds. The Balaban J connectivity index is 0.00000180. The minimum atomic E-state index is 0. The van der Waals surface area contributed by atoms with Crippen molar-refractivity contribution in [3.05, 3.63) is 16.1 Å². The van der Waals surface area contributed by atoms with E-state index in [1.54, 1.807) is 11.3 Å². The van der Waals surface area contributed by atoms with Gasteiger partial charge in [-0.3, -0.25) is 4.79 Å². The first-order valence-corrected chi connectivity index (χ1v) is 7.53. The summed E-state index contributed by atoms with van der Waals surface area (Å²) >= 11 is 1.68. The van der Waals surface area contributed by atoms with Crippen molar-refractivity contribution in [1.29, 1.82) is 0 Å². The predicted octanol–water partition coefficient (Wildman–Crippen LogP) is 2.44. The molecular formula is C13H23Cl2N3OS. The summed E-state index contributed by atoms with van der Waals surface area (Å²) in [6.45, 7) is 5.73. The highest BCUT2D eigenvalue weighted by atomic mass is 35.5. The lowest BCUT2D eigenvalue weighted by Crippen LogP contribution is -2.34. The summed E-state index contributed by atoms with van der Waals surface area (Å²) in [5.41, 5.74) is 1.13. The molecule has 1 aliphatic rings. The smallest absolute Gasteiger partial charge is 0.222 e. The maximum Gasteiger partial charge on any atom is 0.222 e. The quantitative estimate of drug-likeness (QED) is 0.916. The van der Waals surface area contributed by atoms with Crippen LogP contribution in [0.3, 0.4) is 0 Å². The summed E-state index contributed by atoms with van der Waals surface area (Å²) in [5.74, 6) is 0.297. The molecule has 2 heterocycles. The highest BCUT2D eigenvalue weighted by Crippen LogP contribution is 2.11. The Morgan fingerprint density at radius 2 is 2.20 bits per heavy atom. The van der Waals surface area contributed by atoms with Gasteiger partial charge < -0.3 is 10.2 Å². The number of aromatic nitrogens is 1. The van der Waals surface area contributed by atoms with Crippen LogP contribution in [0.4, 0.5) is 0 Å². The van der Waals surface area contributed by atoms with Crippen LogP contribution in [-0.4, -0.2) is 42.0 Å². The zero-order valence-corrected chi connectivity index (χ0v) is 14.2. The standard InChI is InChI=1S/C13H21N3OS.2ClH/c1-11-15-12(10-18-11)4-2-5-13(17)16-8-3-6-14-7-9-16;;/h10,14H,2-9H2,1H3;2*1H. The van der Waals surface area contributed by atoms with Gasteiger partial charge in [0.2, 0.25) is 5.91 Å². The number of carbonyl (C=O) groups excluding carboxylic acids is 1. The Morgan fingerprint density at radius 1 is 1.40 bits per heavy atom. The number of nitrogens with zero attached hydrogens (tertiary/aromatic N) is 2. The molecule has 0 spiro atoms. The Morgan fingerprint density at radius 3 is 2.90 bits per heavy atom. The molecule has 0 aliphatic carbocycles. The van der Waals surface area contributed by atoms with Crippen molar-refractivity contribution >= 4 is 42.1 Å². The van der Waals surface area contributed by atoms with Gasteiger partial charge >= 0.3 is 0 Å². The average molecular weight is 340 g/mol.